The molecule has 25 heavy (non-hydrogen) atoms. The smallest absolute Gasteiger partial charge is 0.322 e. The van der Waals surface area contributed by atoms with Crippen molar-refractivity contribution < 1.29 is 9.59 Å². The van der Waals surface area contributed by atoms with Crippen LogP contribution in [0.5, 0.6) is 0 Å². The van der Waals surface area contributed by atoms with E-state index in [0.717, 1.165) is 5.56 Å². The van der Waals surface area contributed by atoms with Crippen molar-refractivity contribution in [1.82, 2.24) is 9.80 Å². The molecule has 0 unspecified atom stereocenters. The Labute approximate surface area is 152 Å². The number of nitrogens with zero attached hydrogens (tertiary/aromatic N) is 2. The second-order valence-corrected chi connectivity index (χ2v) is 6.54. The third-order valence-electron chi connectivity index (χ3n) is 4.35. The van der Waals surface area contributed by atoms with E-state index in [4.69, 9.17) is 11.6 Å². The first-order chi connectivity index (χ1) is 12.0. The van der Waals surface area contributed by atoms with Gasteiger partial charge in [-0.25, -0.2) is 4.79 Å². The number of rotatable bonds is 4. The maximum atomic E-state index is 12.6. The minimum absolute atomic E-state index is 0.0207. The summed E-state index contributed by atoms with van der Waals surface area (Å²) in [5.41, 5.74) is 1.69. The molecule has 6 heteroatoms. The minimum atomic E-state index is -0.442. The Balaban J connectivity index is 1.61. The Kier molecular flexibility index (Phi) is 5.24. The third kappa shape index (κ3) is 4.12. The molecule has 2 aromatic carbocycles. The summed E-state index contributed by atoms with van der Waals surface area (Å²) in [4.78, 5) is 28.3. The monoisotopic (exact) mass is 357 g/mol. The fourth-order valence-electron chi connectivity index (χ4n) is 2.96. The van der Waals surface area contributed by atoms with Crippen molar-refractivity contribution >= 4 is 29.2 Å². The number of likely N-dealkylation sites (tertiary alicyclic amines) is 1. The maximum absolute atomic E-state index is 12.6. The van der Waals surface area contributed by atoms with Gasteiger partial charge in [0.1, 0.15) is 6.04 Å². The highest BCUT2D eigenvalue weighted by molar-refractivity contribution is 6.30. The Bertz CT molecular complexity index is 766. The molecule has 1 aliphatic heterocycles. The highest BCUT2D eigenvalue weighted by Gasteiger charge is 2.36. The first kappa shape index (κ1) is 17.3. The lowest BCUT2D eigenvalue weighted by molar-refractivity contribution is -0.131. The molecule has 3 amide bonds. The number of anilines is 1. The van der Waals surface area contributed by atoms with Crippen LogP contribution < -0.4 is 5.32 Å². The van der Waals surface area contributed by atoms with E-state index in [1.807, 2.05) is 30.3 Å². The number of amides is 3. The predicted molar refractivity (Wildman–Crippen MR) is 98.5 cm³/mol. The van der Waals surface area contributed by atoms with Crippen molar-refractivity contribution in [3.63, 3.8) is 0 Å². The molecule has 3 rings (SSSR count). The molecule has 1 aliphatic rings. The molecule has 2 aromatic rings. The molecule has 1 fully saturated rings. The van der Waals surface area contributed by atoms with E-state index in [1.165, 1.54) is 4.90 Å². The van der Waals surface area contributed by atoms with Gasteiger partial charge < -0.3 is 15.1 Å². The molecular weight excluding hydrogens is 338 g/mol. The summed E-state index contributed by atoms with van der Waals surface area (Å²) >= 11 is 5.93. The van der Waals surface area contributed by atoms with Crippen LogP contribution in [0.3, 0.4) is 0 Å². The first-order valence-corrected chi connectivity index (χ1v) is 8.54. The zero-order valence-electron chi connectivity index (χ0n) is 14.0. The van der Waals surface area contributed by atoms with Crippen LogP contribution in [0.15, 0.2) is 54.6 Å². The summed E-state index contributed by atoms with van der Waals surface area (Å²) in [5.74, 6) is -0.0207. The Morgan fingerprint density at radius 2 is 2.00 bits per heavy atom. The molecule has 1 N–H and O–H groups in total. The van der Waals surface area contributed by atoms with Crippen LogP contribution in [-0.4, -0.2) is 41.4 Å². The Morgan fingerprint density at radius 3 is 2.72 bits per heavy atom. The number of carbonyl (C=O) groups excluding carboxylic acids is 2. The molecule has 0 aromatic heterocycles. The summed E-state index contributed by atoms with van der Waals surface area (Å²) < 4.78 is 0. The molecule has 1 saturated heterocycles. The highest BCUT2D eigenvalue weighted by Crippen LogP contribution is 2.20. The lowest BCUT2D eigenvalue weighted by Gasteiger charge is -2.24. The number of urea groups is 1. The number of benzene rings is 2. The average molecular weight is 358 g/mol. The summed E-state index contributed by atoms with van der Waals surface area (Å²) in [5, 5.41) is 3.32. The fraction of sp³-hybridized carbons (Fsp3) is 0.263. The second-order valence-electron chi connectivity index (χ2n) is 6.10. The largest absolute Gasteiger partial charge is 0.336 e. The Hall–Kier alpha value is -2.53. The molecule has 1 heterocycles. The molecular formula is C19H20ClN3O2. The zero-order chi connectivity index (χ0) is 17.8. The first-order valence-electron chi connectivity index (χ1n) is 8.16. The number of likely N-dealkylation sites (N-methyl/N-ethyl adjacent to an activating group) is 1. The van der Waals surface area contributed by atoms with Crippen molar-refractivity contribution in [3.05, 3.63) is 65.2 Å². The number of hydrogen-bond acceptors (Lipinski definition) is 2. The standard InChI is InChI=1S/C19H20ClN3O2/c1-22(19(25)21-16-9-5-8-15(20)12-16)17-10-11-23(18(17)24)13-14-6-3-2-4-7-14/h2-9,12,17H,10-11,13H2,1H3,(H,21,25)/t17-/m0/s1. The van der Waals surface area contributed by atoms with Gasteiger partial charge in [-0.15, -0.1) is 0 Å². The van der Waals surface area contributed by atoms with Gasteiger partial charge in [-0.3, -0.25) is 4.79 Å². The van der Waals surface area contributed by atoms with Crippen LogP contribution in [0.4, 0.5) is 10.5 Å². The normalized spacial score (nSPS) is 16.8. The molecule has 0 aliphatic carbocycles. The van der Waals surface area contributed by atoms with Gasteiger partial charge in [0.15, 0.2) is 0 Å². The van der Waals surface area contributed by atoms with Crippen molar-refractivity contribution in [2.45, 2.75) is 19.0 Å². The summed E-state index contributed by atoms with van der Waals surface area (Å²) in [6.07, 6.45) is 0.630. The van der Waals surface area contributed by atoms with Crippen LogP contribution in [0, 0.1) is 0 Å². The van der Waals surface area contributed by atoms with Gasteiger partial charge in [-0.05, 0) is 30.2 Å². The van der Waals surface area contributed by atoms with Crippen LogP contribution in [0.25, 0.3) is 0 Å². The summed E-state index contributed by atoms with van der Waals surface area (Å²) in [6.45, 7) is 1.22. The van der Waals surface area contributed by atoms with Gasteiger partial charge in [-0.1, -0.05) is 48.0 Å². The van der Waals surface area contributed by atoms with E-state index in [-0.39, 0.29) is 11.9 Å². The highest BCUT2D eigenvalue weighted by atomic mass is 35.5. The van der Waals surface area contributed by atoms with Crippen LogP contribution in [0.1, 0.15) is 12.0 Å². The fourth-order valence-corrected chi connectivity index (χ4v) is 3.15. The van der Waals surface area contributed by atoms with Crippen LogP contribution in [-0.2, 0) is 11.3 Å². The van der Waals surface area contributed by atoms with Gasteiger partial charge in [0, 0.05) is 30.8 Å². The van der Waals surface area contributed by atoms with Crippen molar-refractivity contribution in [2.24, 2.45) is 0 Å². The number of hydrogen-bond donors (Lipinski definition) is 1. The average Bonchev–Trinajstić information content (AvgIpc) is 2.96. The SMILES string of the molecule is CN(C(=O)Nc1cccc(Cl)c1)[C@H]1CCN(Cc2ccccc2)C1=O. The van der Waals surface area contributed by atoms with E-state index >= 15 is 0 Å². The van der Waals surface area contributed by atoms with Gasteiger partial charge >= 0.3 is 6.03 Å². The van der Waals surface area contributed by atoms with Crippen LogP contribution >= 0.6 is 11.6 Å². The molecule has 130 valence electrons. The van der Waals surface area contributed by atoms with Crippen molar-refractivity contribution in [3.8, 4) is 0 Å². The predicted octanol–water partition coefficient (Wildman–Crippen LogP) is 3.60. The summed E-state index contributed by atoms with van der Waals surface area (Å²) in [6, 6.07) is 16.0. The number of carbonyl (C=O) groups is 2. The van der Waals surface area contributed by atoms with Gasteiger partial charge in [0.05, 0.1) is 0 Å². The lowest BCUT2D eigenvalue weighted by atomic mass is 10.2. The molecule has 1 atom stereocenters. The Morgan fingerprint density at radius 1 is 1.24 bits per heavy atom. The zero-order valence-corrected chi connectivity index (χ0v) is 14.7. The number of halogens is 1. The summed E-state index contributed by atoms with van der Waals surface area (Å²) in [7, 11) is 1.65. The van der Waals surface area contributed by atoms with Crippen molar-refractivity contribution in [1.29, 1.82) is 0 Å². The van der Waals surface area contributed by atoms with E-state index in [0.29, 0.717) is 30.2 Å². The van der Waals surface area contributed by atoms with E-state index in [1.54, 1.807) is 36.2 Å². The third-order valence-corrected chi connectivity index (χ3v) is 4.58. The van der Waals surface area contributed by atoms with Gasteiger partial charge in [0.2, 0.25) is 5.91 Å². The number of nitrogens with one attached hydrogen (secondary N) is 1. The van der Waals surface area contributed by atoms with E-state index in [2.05, 4.69) is 5.32 Å². The second kappa shape index (κ2) is 7.57. The lowest BCUT2D eigenvalue weighted by Crippen LogP contribution is -2.44. The minimum Gasteiger partial charge on any atom is -0.336 e. The van der Waals surface area contributed by atoms with Crippen molar-refractivity contribution in [2.75, 3.05) is 18.9 Å². The molecule has 0 spiro atoms. The quantitative estimate of drug-likeness (QED) is 0.908. The molecule has 0 saturated carbocycles. The van der Waals surface area contributed by atoms with Crippen LogP contribution in [0.2, 0.25) is 5.02 Å². The molecule has 0 bridgehead atoms. The van der Waals surface area contributed by atoms with Gasteiger partial charge in [-0.2, -0.15) is 0 Å². The topological polar surface area (TPSA) is 52.7 Å². The van der Waals surface area contributed by atoms with Gasteiger partial charge in [0.25, 0.3) is 0 Å². The van der Waals surface area contributed by atoms with E-state index < -0.39 is 6.04 Å². The maximum Gasteiger partial charge on any atom is 0.322 e. The molecule has 0 radical (unpaired) electrons. The molecule has 5 nitrogen and oxygen atoms in total. The van der Waals surface area contributed by atoms with E-state index in [9.17, 15) is 9.59 Å².